The summed E-state index contributed by atoms with van der Waals surface area (Å²) in [7, 11) is 0. The second-order valence-electron chi connectivity index (χ2n) is 6.05. The molecule has 0 unspecified atom stereocenters. The summed E-state index contributed by atoms with van der Waals surface area (Å²) in [6.07, 6.45) is 1.31. The maximum Gasteiger partial charge on any atom is 0.376 e. The van der Waals surface area contributed by atoms with Gasteiger partial charge in [-0.1, -0.05) is 5.16 Å². The maximum atomic E-state index is 12.1. The molecule has 0 bridgehead atoms. The van der Waals surface area contributed by atoms with Crippen molar-refractivity contribution in [1.29, 1.82) is 0 Å². The summed E-state index contributed by atoms with van der Waals surface area (Å²) < 4.78 is 15.3. The first-order valence-electron chi connectivity index (χ1n) is 8.77. The van der Waals surface area contributed by atoms with Crippen molar-refractivity contribution in [3.05, 3.63) is 11.5 Å². The van der Waals surface area contributed by atoms with Crippen LogP contribution in [0.15, 0.2) is 4.52 Å². The SMILES string of the molecule is CCOC(=O)c1nc(N2CCC(C(=O)OCC)CC2)c2c(C)noc2n1. The first-order chi connectivity index (χ1) is 12.5. The summed E-state index contributed by atoms with van der Waals surface area (Å²) in [5.41, 5.74) is 0.904. The van der Waals surface area contributed by atoms with Crippen LogP contribution in [0.3, 0.4) is 0 Å². The van der Waals surface area contributed by atoms with Crippen LogP contribution in [0, 0.1) is 12.8 Å². The molecule has 1 fully saturated rings. The Balaban J connectivity index is 1.88. The van der Waals surface area contributed by atoms with E-state index in [2.05, 4.69) is 15.1 Å². The minimum atomic E-state index is -0.605. The molecule has 0 N–H and O–H groups in total. The fraction of sp³-hybridized carbons (Fsp3) is 0.588. The van der Waals surface area contributed by atoms with Gasteiger partial charge >= 0.3 is 11.9 Å². The number of esters is 2. The lowest BCUT2D eigenvalue weighted by Gasteiger charge is -2.32. The molecule has 0 aromatic carbocycles. The Morgan fingerprint density at radius 2 is 1.85 bits per heavy atom. The summed E-state index contributed by atoms with van der Waals surface area (Å²) in [5, 5.41) is 4.61. The Morgan fingerprint density at radius 1 is 1.15 bits per heavy atom. The number of aromatic nitrogens is 3. The van der Waals surface area contributed by atoms with Gasteiger partial charge in [0.2, 0.25) is 5.82 Å². The third-order valence-corrected chi connectivity index (χ3v) is 4.36. The predicted octanol–water partition coefficient (Wildman–Crippen LogP) is 1.88. The fourth-order valence-corrected chi connectivity index (χ4v) is 3.07. The number of aryl methyl sites for hydroxylation is 1. The lowest BCUT2D eigenvalue weighted by atomic mass is 9.97. The molecule has 3 heterocycles. The van der Waals surface area contributed by atoms with Crippen LogP contribution in [0.5, 0.6) is 0 Å². The van der Waals surface area contributed by atoms with E-state index < -0.39 is 5.97 Å². The zero-order valence-electron chi connectivity index (χ0n) is 15.2. The normalized spacial score (nSPS) is 15.3. The van der Waals surface area contributed by atoms with Gasteiger partial charge in [-0.3, -0.25) is 4.79 Å². The molecule has 1 aliphatic heterocycles. The smallest absolute Gasteiger partial charge is 0.376 e. The average Bonchev–Trinajstić information content (AvgIpc) is 3.03. The van der Waals surface area contributed by atoms with Gasteiger partial charge in [-0.05, 0) is 33.6 Å². The largest absolute Gasteiger partial charge is 0.466 e. The van der Waals surface area contributed by atoms with E-state index in [1.807, 2.05) is 4.90 Å². The molecule has 0 radical (unpaired) electrons. The van der Waals surface area contributed by atoms with Crippen LogP contribution in [0.2, 0.25) is 0 Å². The number of carbonyl (C=O) groups is 2. The van der Waals surface area contributed by atoms with Gasteiger partial charge in [0.05, 0.1) is 24.8 Å². The highest BCUT2D eigenvalue weighted by atomic mass is 16.5. The van der Waals surface area contributed by atoms with E-state index in [0.29, 0.717) is 49.4 Å². The lowest BCUT2D eigenvalue weighted by molar-refractivity contribution is -0.148. The molecule has 1 aliphatic rings. The number of hydrogen-bond acceptors (Lipinski definition) is 9. The molecule has 0 atom stereocenters. The topological polar surface area (TPSA) is 108 Å². The fourth-order valence-electron chi connectivity index (χ4n) is 3.07. The zero-order valence-corrected chi connectivity index (χ0v) is 15.2. The third kappa shape index (κ3) is 3.47. The molecule has 2 aromatic rings. The van der Waals surface area contributed by atoms with Gasteiger partial charge in [0, 0.05) is 13.1 Å². The highest BCUT2D eigenvalue weighted by molar-refractivity contribution is 5.93. The van der Waals surface area contributed by atoms with E-state index >= 15 is 0 Å². The number of ether oxygens (including phenoxy) is 2. The second kappa shape index (κ2) is 7.67. The predicted molar refractivity (Wildman–Crippen MR) is 91.9 cm³/mol. The molecule has 0 aliphatic carbocycles. The molecule has 1 saturated heterocycles. The van der Waals surface area contributed by atoms with Crippen molar-refractivity contribution in [2.75, 3.05) is 31.2 Å². The molecule has 3 rings (SSSR count). The number of anilines is 1. The van der Waals surface area contributed by atoms with Crippen molar-refractivity contribution in [2.24, 2.45) is 5.92 Å². The molecule has 26 heavy (non-hydrogen) atoms. The van der Waals surface area contributed by atoms with Crippen LogP contribution in [0.1, 0.15) is 43.0 Å². The summed E-state index contributed by atoms with van der Waals surface area (Å²) >= 11 is 0. The standard InChI is InChI=1S/C17H22N4O5/c1-4-24-16(22)11-6-8-21(9-7-11)14-12-10(3)20-26-15(12)19-13(18-14)17(23)25-5-2/h11H,4-9H2,1-3H3. The summed E-state index contributed by atoms with van der Waals surface area (Å²) in [5.74, 6) is -0.353. The lowest BCUT2D eigenvalue weighted by Crippen LogP contribution is -2.37. The van der Waals surface area contributed by atoms with E-state index in [1.165, 1.54) is 0 Å². The quantitative estimate of drug-likeness (QED) is 0.737. The number of carbonyl (C=O) groups excluding carboxylic acids is 2. The van der Waals surface area contributed by atoms with Gasteiger partial charge < -0.3 is 18.9 Å². The molecular formula is C17H22N4O5. The second-order valence-corrected chi connectivity index (χ2v) is 6.05. The number of piperidine rings is 1. The number of hydrogen-bond donors (Lipinski definition) is 0. The van der Waals surface area contributed by atoms with E-state index in [1.54, 1.807) is 20.8 Å². The molecule has 0 saturated carbocycles. The Kier molecular flexibility index (Phi) is 5.34. The molecule has 9 heteroatoms. The summed E-state index contributed by atoms with van der Waals surface area (Å²) in [6.45, 7) is 7.16. The first kappa shape index (κ1) is 18.1. The Hall–Kier alpha value is -2.71. The van der Waals surface area contributed by atoms with E-state index in [4.69, 9.17) is 14.0 Å². The Bertz CT molecular complexity index is 811. The number of rotatable bonds is 5. The van der Waals surface area contributed by atoms with Gasteiger partial charge in [-0.2, -0.15) is 4.98 Å². The van der Waals surface area contributed by atoms with Gasteiger partial charge in [0.15, 0.2) is 0 Å². The molecule has 0 amide bonds. The van der Waals surface area contributed by atoms with Crippen LogP contribution < -0.4 is 4.90 Å². The van der Waals surface area contributed by atoms with Crippen molar-refractivity contribution in [3.63, 3.8) is 0 Å². The van der Waals surface area contributed by atoms with Crippen molar-refractivity contribution in [2.45, 2.75) is 33.6 Å². The monoisotopic (exact) mass is 362 g/mol. The van der Waals surface area contributed by atoms with E-state index in [9.17, 15) is 9.59 Å². The minimum absolute atomic E-state index is 0.0574. The van der Waals surface area contributed by atoms with Gasteiger partial charge in [-0.15, -0.1) is 0 Å². The molecule has 140 valence electrons. The van der Waals surface area contributed by atoms with Gasteiger partial charge in [-0.25, -0.2) is 9.78 Å². The Morgan fingerprint density at radius 3 is 2.50 bits per heavy atom. The van der Waals surface area contributed by atoms with Gasteiger partial charge in [0.1, 0.15) is 11.2 Å². The third-order valence-electron chi connectivity index (χ3n) is 4.36. The van der Waals surface area contributed by atoms with Crippen molar-refractivity contribution >= 4 is 28.9 Å². The highest BCUT2D eigenvalue weighted by Gasteiger charge is 2.29. The van der Waals surface area contributed by atoms with Crippen LogP contribution in [0.4, 0.5) is 5.82 Å². The zero-order chi connectivity index (χ0) is 18.7. The summed E-state index contributed by atoms with van der Waals surface area (Å²) in [4.78, 5) is 34.5. The van der Waals surface area contributed by atoms with Crippen molar-refractivity contribution in [1.82, 2.24) is 15.1 Å². The number of fused-ring (bicyclic) bond motifs is 1. The average molecular weight is 362 g/mol. The Labute approximate surface area is 150 Å². The maximum absolute atomic E-state index is 12.1. The van der Waals surface area contributed by atoms with Gasteiger partial charge in [0.25, 0.3) is 5.71 Å². The van der Waals surface area contributed by atoms with E-state index in [-0.39, 0.29) is 30.0 Å². The summed E-state index contributed by atoms with van der Waals surface area (Å²) in [6, 6.07) is 0. The minimum Gasteiger partial charge on any atom is -0.466 e. The van der Waals surface area contributed by atoms with Crippen LogP contribution in [-0.2, 0) is 14.3 Å². The van der Waals surface area contributed by atoms with Crippen LogP contribution in [0.25, 0.3) is 11.1 Å². The van der Waals surface area contributed by atoms with Crippen LogP contribution in [-0.4, -0.2) is 53.4 Å². The van der Waals surface area contributed by atoms with Crippen LogP contribution >= 0.6 is 0 Å². The highest BCUT2D eigenvalue weighted by Crippen LogP contribution is 2.30. The molecule has 9 nitrogen and oxygen atoms in total. The number of nitrogens with zero attached hydrogens (tertiary/aromatic N) is 4. The van der Waals surface area contributed by atoms with Crippen molar-refractivity contribution < 1.29 is 23.6 Å². The molecule has 2 aromatic heterocycles. The molecular weight excluding hydrogens is 340 g/mol. The van der Waals surface area contributed by atoms with E-state index in [0.717, 1.165) is 0 Å². The van der Waals surface area contributed by atoms with Crippen molar-refractivity contribution in [3.8, 4) is 0 Å². The first-order valence-corrected chi connectivity index (χ1v) is 8.77. The molecule has 0 spiro atoms.